The molecule has 92 valence electrons. The molecule has 2 rings (SSSR count). The van der Waals surface area contributed by atoms with Gasteiger partial charge in [0.15, 0.2) is 0 Å². The van der Waals surface area contributed by atoms with Crippen LogP contribution in [0, 0.1) is 0 Å². The van der Waals surface area contributed by atoms with Crippen LogP contribution in [0.2, 0.25) is 0 Å². The highest BCUT2D eigenvalue weighted by atomic mass is 16.1. The Balaban J connectivity index is 1.84. The largest absolute Gasteiger partial charge is 0.399 e. The third kappa shape index (κ3) is 3.63. The molecular formula is C15H16N2O. The van der Waals surface area contributed by atoms with Crippen LogP contribution in [0.4, 0.5) is 5.69 Å². The molecule has 0 aromatic heterocycles. The van der Waals surface area contributed by atoms with E-state index in [0.29, 0.717) is 18.7 Å². The number of carbonyl (C=O) groups is 1. The summed E-state index contributed by atoms with van der Waals surface area (Å²) in [6.07, 6.45) is 0.382. The molecule has 1 amide bonds. The molecule has 18 heavy (non-hydrogen) atoms. The van der Waals surface area contributed by atoms with Gasteiger partial charge in [0.05, 0.1) is 6.42 Å². The second-order valence-corrected chi connectivity index (χ2v) is 4.18. The number of nitrogens with two attached hydrogens (primary N) is 1. The molecular weight excluding hydrogens is 224 g/mol. The summed E-state index contributed by atoms with van der Waals surface area (Å²) in [6, 6.07) is 17.2. The summed E-state index contributed by atoms with van der Waals surface area (Å²) >= 11 is 0. The van der Waals surface area contributed by atoms with Gasteiger partial charge in [-0.2, -0.15) is 0 Å². The van der Waals surface area contributed by atoms with Gasteiger partial charge in [-0.1, -0.05) is 42.5 Å². The van der Waals surface area contributed by atoms with Crippen molar-refractivity contribution in [1.29, 1.82) is 0 Å². The molecule has 0 unspecified atom stereocenters. The molecule has 0 radical (unpaired) electrons. The van der Waals surface area contributed by atoms with Crippen molar-refractivity contribution in [1.82, 2.24) is 5.32 Å². The lowest BCUT2D eigenvalue weighted by Gasteiger charge is -2.05. The van der Waals surface area contributed by atoms with Crippen molar-refractivity contribution >= 4 is 11.6 Å². The van der Waals surface area contributed by atoms with Gasteiger partial charge in [-0.05, 0) is 23.3 Å². The van der Waals surface area contributed by atoms with Crippen LogP contribution in [0.15, 0.2) is 54.6 Å². The number of nitrogens with one attached hydrogen (secondary N) is 1. The van der Waals surface area contributed by atoms with Crippen LogP contribution in [0.5, 0.6) is 0 Å². The second kappa shape index (κ2) is 5.87. The van der Waals surface area contributed by atoms with E-state index in [-0.39, 0.29) is 5.91 Å². The summed E-state index contributed by atoms with van der Waals surface area (Å²) in [6.45, 7) is 0.564. The van der Waals surface area contributed by atoms with Crippen molar-refractivity contribution < 1.29 is 4.79 Å². The summed E-state index contributed by atoms with van der Waals surface area (Å²) in [5, 5.41) is 2.89. The van der Waals surface area contributed by atoms with E-state index < -0.39 is 0 Å². The molecule has 0 atom stereocenters. The monoisotopic (exact) mass is 240 g/mol. The molecule has 0 saturated heterocycles. The Bertz CT molecular complexity index is 506. The fraction of sp³-hybridized carbons (Fsp3) is 0.133. The Morgan fingerprint density at radius 2 is 1.61 bits per heavy atom. The summed E-state index contributed by atoms with van der Waals surface area (Å²) in [7, 11) is 0. The predicted octanol–water partition coefficient (Wildman–Crippen LogP) is 2.13. The molecule has 2 aromatic rings. The first-order chi connectivity index (χ1) is 8.74. The SMILES string of the molecule is Nc1ccc(CC(=O)NCc2ccccc2)cc1. The highest BCUT2D eigenvalue weighted by molar-refractivity contribution is 5.78. The fourth-order valence-corrected chi connectivity index (χ4v) is 1.68. The topological polar surface area (TPSA) is 55.1 Å². The van der Waals surface area contributed by atoms with Crippen LogP contribution in [0.25, 0.3) is 0 Å². The Labute approximate surface area is 107 Å². The fourth-order valence-electron chi connectivity index (χ4n) is 1.68. The van der Waals surface area contributed by atoms with E-state index in [0.717, 1.165) is 11.1 Å². The van der Waals surface area contributed by atoms with Crippen LogP contribution in [-0.4, -0.2) is 5.91 Å². The van der Waals surface area contributed by atoms with Gasteiger partial charge in [-0.3, -0.25) is 4.79 Å². The molecule has 0 fully saturated rings. The molecule has 0 aliphatic rings. The zero-order valence-corrected chi connectivity index (χ0v) is 10.1. The number of amides is 1. The molecule has 3 nitrogen and oxygen atoms in total. The van der Waals surface area contributed by atoms with Gasteiger partial charge in [0.1, 0.15) is 0 Å². The zero-order valence-electron chi connectivity index (χ0n) is 10.1. The lowest BCUT2D eigenvalue weighted by molar-refractivity contribution is -0.120. The van der Waals surface area contributed by atoms with E-state index in [2.05, 4.69) is 5.32 Å². The summed E-state index contributed by atoms with van der Waals surface area (Å²) < 4.78 is 0. The number of nitrogen functional groups attached to an aromatic ring is 1. The van der Waals surface area contributed by atoms with Gasteiger partial charge in [-0.25, -0.2) is 0 Å². The normalized spacial score (nSPS) is 10.0. The maximum atomic E-state index is 11.7. The summed E-state index contributed by atoms with van der Waals surface area (Å²) in [5.41, 5.74) is 8.37. The Morgan fingerprint density at radius 3 is 2.28 bits per heavy atom. The van der Waals surface area contributed by atoms with Gasteiger partial charge in [0.2, 0.25) is 5.91 Å². The maximum Gasteiger partial charge on any atom is 0.224 e. The van der Waals surface area contributed by atoms with E-state index in [1.54, 1.807) is 12.1 Å². The first-order valence-electron chi connectivity index (χ1n) is 5.89. The molecule has 0 aliphatic carbocycles. The smallest absolute Gasteiger partial charge is 0.224 e. The van der Waals surface area contributed by atoms with Gasteiger partial charge < -0.3 is 11.1 Å². The lowest BCUT2D eigenvalue weighted by Crippen LogP contribution is -2.24. The average molecular weight is 240 g/mol. The van der Waals surface area contributed by atoms with Crippen molar-refractivity contribution in [2.24, 2.45) is 0 Å². The highest BCUT2D eigenvalue weighted by Gasteiger charge is 2.02. The van der Waals surface area contributed by atoms with Crippen LogP contribution in [0.3, 0.4) is 0 Å². The van der Waals surface area contributed by atoms with Gasteiger partial charge in [0.25, 0.3) is 0 Å². The van der Waals surface area contributed by atoms with E-state index in [1.807, 2.05) is 42.5 Å². The predicted molar refractivity (Wildman–Crippen MR) is 72.8 cm³/mol. The molecule has 0 saturated carbocycles. The Morgan fingerprint density at radius 1 is 0.944 bits per heavy atom. The molecule has 0 aliphatic heterocycles. The summed E-state index contributed by atoms with van der Waals surface area (Å²) in [5.74, 6) is 0.0172. The minimum Gasteiger partial charge on any atom is -0.399 e. The number of benzene rings is 2. The number of carbonyl (C=O) groups excluding carboxylic acids is 1. The first kappa shape index (κ1) is 12.2. The number of hydrogen-bond donors (Lipinski definition) is 2. The number of anilines is 1. The second-order valence-electron chi connectivity index (χ2n) is 4.18. The van der Waals surface area contributed by atoms with Crippen molar-refractivity contribution in [3.8, 4) is 0 Å². The van der Waals surface area contributed by atoms with Crippen molar-refractivity contribution in [2.45, 2.75) is 13.0 Å². The number of hydrogen-bond acceptors (Lipinski definition) is 2. The van der Waals surface area contributed by atoms with E-state index in [4.69, 9.17) is 5.73 Å². The van der Waals surface area contributed by atoms with Crippen LogP contribution < -0.4 is 11.1 Å². The Kier molecular flexibility index (Phi) is 3.97. The van der Waals surface area contributed by atoms with Crippen LogP contribution in [0.1, 0.15) is 11.1 Å². The maximum absolute atomic E-state index is 11.7. The van der Waals surface area contributed by atoms with Crippen LogP contribution >= 0.6 is 0 Å². The van der Waals surface area contributed by atoms with E-state index in [1.165, 1.54) is 0 Å². The molecule has 0 spiro atoms. The van der Waals surface area contributed by atoms with Gasteiger partial charge in [0, 0.05) is 12.2 Å². The highest BCUT2D eigenvalue weighted by Crippen LogP contribution is 2.06. The Hall–Kier alpha value is -2.29. The molecule has 3 heteroatoms. The van der Waals surface area contributed by atoms with Crippen LogP contribution in [-0.2, 0) is 17.8 Å². The third-order valence-corrected chi connectivity index (χ3v) is 2.68. The van der Waals surface area contributed by atoms with Gasteiger partial charge in [-0.15, -0.1) is 0 Å². The average Bonchev–Trinajstić information content (AvgIpc) is 2.40. The van der Waals surface area contributed by atoms with Crippen molar-refractivity contribution in [3.63, 3.8) is 0 Å². The summed E-state index contributed by atoms with van der Waals surface area (Å²) in [4.78, 5) is 11.7. The molecule has 2 aromatic carbocycles. The van der Waals surface area contributed by atoms with Gasteiger partial charge >= 0.3 is 0 Å². The molecule has 0 heterocycles. The van der Waals surface area contributed by atoms with Crippen molar-refractivity contribution in [2.75, 3.05) is 5.73 Å². The molecule has 0 bridgehead atoms. The van der Waals surface area contributed by atoms with E-state index >= 15 is 0 Å². The van der Waals surface area contributed by atoms with E-state index in [9.17, 15) is 4.79 Å². The van der Waals surface area contributed by atoms with Crippen molar-refractivity contribution in [3.05, 3.63) is 65.7 Å². The molecule has 3 N–H and O–H groups in total. The minimum atomic E-state index is 0.0172. The zero-order chi connectivity index (χ0) is 12.8. The third-order valence-electron chi connectivity index (χ3n) is 2.68. The number of rotatable bonds is 4. The quantitative estimate of drug-likeness (QED) is 0.804. The first-order valence-corrected chi connectivity index (χ1v) is 5.89. The lowest BCUT2D eigenvalue weighted by atomic mass is 10.1. The minimum absolute atomic E-state index is 0.0172. The standard InChI is InChI=1S/C15H16N2O/c16-14-8-6-12(7-9-14)10-15(18)17-11-13-4-2-1-3-5-13/h1-9H,10-11,16H2,(H,17,18).